The Hall–Kier alpha value is -1.52. The summed E-state index contributed by atoms with van der Waals surface area (Å²) in [5, 5.41) is 7.98. The highest BCUT2D eigenvalue weighted by Crippen LogP contribution is 2.16. The maximum atomic E-state index is 4.47. The highest BCUT2D eigenvalue weighted by Gasteiger charge is 2.18. The predicted octanol–water partition coefficient (Wildman–Crippen LogP) is 1.89. The van der Waals surface area contributed by atoms with Crippen LogP contribution in [0.1, 0.15) is 36.7 Å². The maximum Gasteiger partial charge on any atom is 0.193 e. The topological polar surface area (TPSA) is 45.5 Å². The molecule has 0 saturated carbocycles. The first-order valence-electron chi connectivity index (χ1n) is 7.97. The Kier molecular flexibility index (Phi) is 5.26. The number of aryl methyl sites for hydroxylation is 2. The van der Waals surface area contributed by atoms with Gasteiger partial charge in [0.15, 0.2) is 5.96 Å². The van der Waals surface area contributed by atoms with Crippen LogP contribution in [-0.4, -0.2) is 47.3 Å². The van der Waals surface area contributed by atoms with Gasteiger partial charge < -0.3 is 10.2 Å². The summed E-state index contributed by atoms with van der Waals surface area (Å²) in [6.45, 7) is 9.70. The van der Waals surface area contributed by atoms with E-state index in [2.05, 4.69) is 41.1 Å². The zero-order chi connectivity index (χ0) is 15.4. The zero-order valence-electron chi connectivity index (χ0n) is 14.1. The lowest BCUT2D eigenvalue weighted by Crippen LogP contribution is -2.45. The molecule has 2 heterocycles. The van der Waals surface area contributed by atoms with E-state index in [1.807, 2.05) is 18.8 Å². The van der Waals surface area contributed by atoms with Crippen LogP contribution in [-0.2, 0) is 13.5 Å². The molecule has 1 aromatic heterocycles. The summed E-state index contributed by atoms with van der Waals surface area (Å²) in [4.78, 5) is 6.81. The highest BCUT2D eigenvalue weighted by molar-refractivity contribution is 5.79. The van der Waals surface area contributed by atoms with E-state index in [0.29, 0.717) is 0 Å². The third-order valence-corrected chi connectivity index (χ3v) is 4.61. The SMILES string of the molecule is CN=C(NCCc1c(C)nn(C)c1C)N1CCC(C)CC1. The van der Waals surface area contributed by atoms with Crippen molar-refractivity contribution in [1.82, 2.24) is 20.0 Å². The molecule has 0 spiro atoms. The number of nitrogens with zero attached hydrogens (tertiary/aromatic N) is 4. The fourth-order valence-electron chi connectivity index (χ4n) is 3.03. The van der Waals surface area contributed by atoms with Gasteiger partial charge in [0.25, 0.3) is 0 Å². The number of rotatable bonds is 3. The zero-order valence-corrected chi connectivity index (χ0v) is 14.1. The number of guanidine groups is 1. The van der Waals surface area contributed by atoms with E-state index in [0.717, 1.165) is 43.6 Å². The molecule has 0 atom stereocenters. The van der Waals surface area contributed by atoms with Gasteiger partial charge in [0, 0.05) is 39.4 Å². The Morgan fingerprint density at radius 3 is 2.52 bits per heavy atom. The van der Waals surface area contributed by atoms with Gasteiger partial charge in [-0.1, -0.05) is 6.92 Å². The third kappa shape index (κ3) is 3.77. The number of hydrogen-bond acceptors (Lipinski definition) is 2. The molecule has 1 saturated heterocycles. The van der Waals surface area contributed by atoms with Crippen LogP contribution >= 0.6 is 0 Å². The summed E-state index contributed by atoms with van der Waals surface area (Å²) in [5.41, 5.74) is 3.75. The number of hydrogen-bond donors (Lipinski definition) is 1. The van der Waals surface area contributed by atoms with Gasteiger partial charge in [-0.05, 0) is 44.6 Å². The Labute approximate surface area is 128 Å². The van der Waals surface area contributed by atoms with Gasteiger partial charge in [-0.25, -0.2) is 0 Å². The van der Waals surface area contributed by atoms with E-state index in [9.17, 15) is 0 Å². The summed E-state index contributed by atoms with van der Waals surface area (Å²) < 4.78 is 1.96. The molecule has 5 nitrogen and oxygen atoms in total. The summed E-state index contributed by atoms with van der Waals surface area (Å²) in [6.07, 6.45) is 3.53. The van der Waals surface area contributed by atoms with Gasteiger partial charge in [0.05, 0.1) is 5.69 Å². The van der Waals surface area contributed by atoms with Crippen molar-refractivity contribution in [2.45, 2.75) is 40.0 Å². The maximum absolute atomic E-state index is 4.47. The average molecular weight is 291 g/mol. The quantitative estimate of drug-likeness (QED) is 0.683. The van der Waals surface area contributed by atoms with Gasteiger partial charge in [-0.2, -0.15) is 5.10 Å². The summed E-state index contributed by atoms with van der Waals surface area (Å²) in [5.74, 6) is 1.89. The monoisotopic (exact) mass is 291 g/mol. The number of likely N-dealkylation sites (tertiary alicyclic amines) is 1. The van der Waals surface area contributed by atoms with Crippen LogP contribution in [0.4, 0.5) is 0 Å². The Balaban J connectivity index is 1.86. The molecular weight excluding hydrogens is 262 g/mol. The molecular formula is C16H29N5. The van der Waals surface area contributed by atoms with E-state index < -0.39 is 0 Å². The van der Waals surface area contributed by atoms with Gasteiger partial charge in [0.2, 0.25) is 0 Å². The van der Waals surface area contributed by atoms with Crippen LogP contribution in [0.5, 0.6) is 0 Å². The van der Waals surface area contributed by atoms with Gasteiger partial charge in [-0.15, -0.1) is 0 Å². The van der Waals surface area contributed by atoms with Crippen LogP contribution in [0.25, 0.3) is 0 Å². The molecule has 1 fully saturated rings. The summed E-state index contributed by atoms with van der Waals surface area (Å²) >= 11 is 0. The van der Waals surface area contributed by atoms with E-state index in [1.165, 1.54) is 24.1 Å². The molecule has 118 valence electrons. The van der Waals surface area contributed by atoms with E-state index >= 15 is 0 Å². The molecule has 0 bridgehead atoms. The molecule has 0 unspecified atom stereocenters. The molecule has 0 aliphatic carbocycles. The Morgan fingerprint density at radius 2 is 2.00 bits per heavy atom. The molecule has 0 amide bonds. The molecule has 1 N–H and O–H groups in total. The number of aromatic nitrogens is 2. The van der Waals surface area contributed by atoms with Crippen molar-refractivity contribution in [3.63, 3.8) is 0 Å². The first kappa shape index (κ1) is 15.9. The van der Waals surface area contributed by atoms with Crippen molar-refractivity contribution >= 4 is 5.96 Å². The molecule has 1 aliphatic heterocycles. The number of aliphatic imine (C=N–C) groups is 1. The lowest BCUT2D eigenvalue weighted by atomic mass is 9.99. The van der Waals surface area contributed by atoms with Crippen LogP contribution < -0.4 is 5.32 Å². The second-order valence-corrected chi connectivity index (χ2v) is 6.17. The van der Waals surface area contributed by atoms with Crippen molar-refractivity contribution in [3.05, 3.63) is 17.0 Å². The number of piperidine rings is 1. The molecule has 1 aliphatic rings. The largest absolute Gasteiger partial charge is 0.356 e. The number of nitrogens with one attached hydrogen (secondary N) is 1. The van der Waals surface area contributed by atoms with Gasteiger partial charge in [-0.3, -0.25) is 9.67 Å². The molecule has 1 aromatic rings. The fourth-order valence-corrected chi connectivity index (χ4v) is 3.03. The molecule has 2 rings (SSSR count). The first-order chi connectivity index (χ1) is 10.0. The minimum atomic E-state index is 0.847. The van der Waals surface area contributed by atoms with Crippen molar-refractivity contribution in [2.24, 2.45) is 18.0 Å². The van der Waals surface area contributed by atoms with Crippen LogP contribution in [0.15, 0.2) is 4.99 Å². The molecule has 0 aromatic carbocycles. The van der Waals surface area contributed by atoms with E-state index in [-0.39, 0.29) is 0 Å². The Morgan fingerprint density at radius 1 is 1.33 bits per heavy atom. The highest BCUT2D eigenvalue weighted by atomic mass is 15.3. The van der Waals surface area contributed by atoms with Gasteiger partial charge >= 0.3 is 0 Å². The average Bonchev–Trinajstić information content (AvgIpc) is 2.71. The van der Waals surface area contributed by atoms with Crippen molar-refractivity contribution < 1.29 is 0 Å². The standard InChI is InChI=1S/C16H29N5/c1-12-7-10-21(11-8-12)16(17-4)18-9-6-15-13(2)19-20(5)14(15)3/h12H,6-11H2,1-5H3,(H,17,18). The van der Waals surface area contributed by atoms with E-state index in [4.69, 9.17) is 0 Å². The van der Waals surface area contributed by atoms with Crippen LogP contribution in [0, 0.1) is 19.8 Å². The summed E-state index contributed by atoms with van der Waals surface area (Å²) in [6, 6.07) is 0. The minimum Gasteiger partial charge on any atom is -0.356 e. The third-order valence-electron chi connectivity index (χ3n) is 4.61. The first-order valence-corrected chi connectivity index (χ1v) is 7.97. The van der Waals surface area contributed by atoms with Gasteiger partial charge in [0.1, 0.15) is 0 Å². The second kappa shape index (κ2) is 6.96. The van der Waals surface area contributed by atoms with Crippen molar-refractivity contribution in [2.75, 3.05) is 26.7 Å². The molecule has 5 heteroatoms. The normalized spacial score (nSPS) is 17.4. The minimum absolute atomic E-state index is 0.847. The fraction of sp³-hybridized carbons (Fsp3) is 0.750. The van der Waals surface area contributed by atoms with Crippen LogP contribution in [0.2, 0.25) is 0 Å². The Bertz CT molecular complexity index is 495. The van der Waals surface area contributed by atoms with Crippen LogP contribution in [0.3, 0.4) is 0 Å². The summed E-state index contributed by atoms with van der Waals surface area (Å²) in [7, 11) is 3.88. The lowest BCUT2D eigenvalue weighted by Gasteiger charge is -2.32. The smallest absolute Gasteiger partial charge is 0.193 e. The lowest BCUT2D eigenvalue weighted by molar-refractivity contribution is 0.273. The van der Waals surface area contributed by atoms with Crippen molar-refractivity contribution in [1.29, 1.82) is 0 Å². The molecule has 21 heavy (non-hydrogen) atoms. The van der Waals surface area contributed by atoms with E-state index in [1.54, 1.807) is 0 Å². The molecule has 0 radical (unpaired) electrons. The second-order valence-electron chi connectivity index (χ2n) is 6.17. The van der Waals surface area contributed by atoms with Crippen molar-refractivity contribution in [3.8, 4) is 0 Å². The predicted molar refractivity (Wildman–Crippen MR) is 87.7 cm³/mol.